The van der Waals surface area contributed by atoms with E-state index in [1.165, 1.54) is 16.9 Å². The van der Waals surface area contributed by atoms with Gasteiger partial charge in [-0.25, -0.2) is 14.5 Å². The first-order valence-corrected chi connectivity index (χ1v) is 11.0. The van der Waals surface area contributed by atoms with E-state index in [1.54, 1.807) is 9.25 Å². The van der Waals surface area contributed by atoms with Crippen molar-refractivity contribution >= 4 is 17.2 Å². The van der Waals surface area contributed by atoms with Crippen molar-refractivity contribution in [2.45, 2.75) is 58.2 Å². The number of aromatic nitrogens is 4. The highest BCUT2D eigenvalue weighted by molar-refractivity contribution is 7.09. The Balaban J connectivity index is 1.36. The average molecular weight is 412 g/mol. The summed E-state index contributed by atoms with van der Waals surface area (Å²) in [5.74, 6) is 0.674. The van der Waals surface area contributed by atoms with Crippen LogP contribution in [0.1, 0.15) is 53.1 Å². The topological polar surface area (TPSA) is 81.8 Å². The van der Waals surface area contributed by atoms with E-state index in [-0.39, 0.29) is 17.6 Å². The molecule has 29 heavy (non-hydrogen) atoms. The third kappa shape index (κ3) is 4.48. The zero-order valence-corrected chi connectivity index (χ0v) is 17.3. The lowest BCUT2D eigenvalue weighted by Crippen LogP contribution is -2.36. The van der Waals surface area contributed by atoms with Crippen LogP contribution in [0.15, 0.2) is 40.5 Å². The summed E-state index contributed by atoms with van der Waals surface area (Å²) in [4.78, 5) is 29.6. The molecule has 152 valence electrons. The molecule has 0 saturated carbocycles. The molecule has 3 aromatic rings. The molecule has 0 radical (unpaired) electrons. The van der Waals surface area contributed by atoms with E-state index in [4.69, 9.17) is 0 Å². The molecule has 1 unspecified atom stereocenters. The predicted molar refractivity (Wildman–Crippen MR) is 112 cm³/mol. The Bertz CT molecular complexity index is 1040. The van der Waals surface area contributed by atoms with Gasteiger partial charge in [0, 0.05) is 37.4 Å². The summed E-state index contributed by atoms with van der Waals surface area (Å²) in [5, 5.41) is 10.3. The van der Waals surface area contributed by atoms with Crippen LogP contribution in [0.5, 0.6) is 0 Å². The minimum atomic E-state index is -0.145. The number of rotatable bonds is 6. The predicted octanol–water partition coefficient (Wildman–Crippen LogP) is 2.64. The molecular weight excluding hydrogens is 386 g/mol. The summed E-state index contributed by atoms with van der Waals surface area (Å²) < 4.78 is 3.31. The maximum absolute atomic E-state index is 12.7. The average Bonchev–Trinajstić information content (AvgIpc) is 3.24. The van der Waals surface area contributed by atoms with Crippen molar-refractivity contribution in [2.75, 3.05) is 0 Å². The maximum atomic E-state index is 12.7. The van der Waals surface area contributed by atoms with Crippen LogP contribution in [0, 0.1) is 0 Å². The van der Waals surface area contributed by atoms with Crippen LogP contribution in [0.3, 0.4) is 0 Å². The monoisotopic (exact) mass is 411 g/mol. The lowest BCUT2D eigenvalue weighted by atomic mass is 10.1. The van der Waals surface area contributed by atoms with Crippen LogP contribution in [0.25, 0.3) is 0 Å². The van der Waals surface area contributed by atoms with Gasteiger partial charge < -0.3 is 5.32 Å². The van der Waals surface area contributed by atoms with Crippen molar-refractivity contribution in [3.8, 4) is 0 Å². The number of thiazole rings is 1. The molecule has 1 atom stereocenters. The fourth-order valence-electron chi connectivity index (χ4n) is 3.66. The number of amides is 1. The van der Waals surface area contributed by atoms with E-state index in [0.717, 1.165) is 36.5 Å². The fraction of sp³-hybridized carbons (Fsp3) is 0.429. The first kappa shape index (κ1) is 19.6. The molecule has 2 aromatic heterocycles. The summed E-state index contributed by atoms with van der Waals surface area (Å²) in [6.45, 7) is 3.26. The van der Waals surface area contributed by atoms with Gasteiger partial charge in [-0.2, -0.15) is 5.10 Å². The second kappa shape index (κ2) is 8.73. The highest BCUT2D eigenvalue weighted by Crippen LogP contribution is 2.16. The van der Waals surface area contributed by atoms with Crippen LogP contribution in [-0.4, -0.2) is 31.3 Å². The van der Waals surface area contributed by atoms with Gasteiger partial charge in [0.1, 0.15) is 11.5 Å². The molecule has 0 spiro atoms. The minimum Gasteiger partial charge on any atom is -0.348 e. The van der Waals surface area contributed by atoms with E-state index >= 15 is 0 Å². The van der Waals surface area contributed by atoms with E-state index in [1.807, 2.05) is 30.5 Å². The van der Waals surface area contributed by atoms with Crippen LogP contribution in [-0.2, 0) is 25.9 Å². The molecule has 4 rings (SSSR count). The molecular formula is C21H25N5O2S. The minimum absolute atomic E-state index is 0.0162. The quantitative estimate of drug-likeness (QED) is 0.676. The number of nitrogens with zero attached hydrogens (tertiary/aromatic N) is 4. The van der Waals surface area contributed by atoms with Crippen LogP contribution in [0.4, 0.5) is 0 Å². The van der Waals surface area contributed by atoms with Gasteiger partial charge in [-0.15, -0.1) is 11.3 Å². The van der Waals surface area contributed by atoms with Gasteiger partial charge in [0.05, 0.1) is 5.01 Å². The Morgan fingerprint density at radius 3 is 2.90 bits per heavy atom. The van der Waals surface area contributed by atoms with Crippen LogP contribution < -0.4 is 11.0 Å². The van der Waals surface area contributed by atoms with Crippen molar-refractivity contribution in [1.29, 1.82) is 0 Å². The zero-order valence-electron chi connectivity index (χ0n) is 16.5. The summed E-state index contributed by atoms with van der Waals surface area (Å²) >= 11 is 1.51. The third-order valence-corrected chi connectivity index (χ3v) is 6.02. The Morgan fingerprint density at radius 2 is 2.10 bits per heavy atom. The molecule has 0 fully saturated rings. The molecule has 8 heteroatoms. The van der Waals surface area contributed by atoms with Gasteiger partial charge in [-0.3, -0.25) is 9.36 Å². The van der Waals surface area contributed by atoms with Gasteiger partial charge in [0.2, 0.25) is 0 Å². The lowest BCUT2D eigenvalue weighted by Gasteiger charge is -2.15. The first-order valence-electron chi connectivity index (χ1n) is 10.1. The van der Waals surface area contributed by atoms with Crippen molar-refractivity contribution in [3.63, 3.8) is 0 Å². The van der Waals surface area contributed by atoms with Gasteiger partial charge in [0.15, 0.2) is 0 Å². The molecule has 3 heterocycles. The molecule has 1 aliphatic rings. The first-order chi connectivity index (χ1) is 14.1. The molecule has 1 aliphatic heterocycles. The van der Waals surface area contributed by atoms with Crippen LogP contribution in [0.2, 0.25) is 0 Å². The smallest absolute Gasteiger partial charge is 0.345 e. The second-order valence-electron chi connectivity index (χ2n) is 7.36. The highest BCUT2D eigenvalue weighted by atomic mass is 32.1. The Kier molecular flexibility index (Phi) is 5.89. The van der Waals surface area contributed by atoms with Gasteiger partial charge in [0.25, 0.3) is 5.91 Å². The van der Waals surface area contributed by atoms with E-state index in [2.05, 4.69) is 27.5 Å². The number of fused-ring (bicyclic) bond motifs is 1. The molecule has 0 bridgehead atoms. The van der Waals surface area contributed by atoms with Gasteiger partial charge in [-0.05, 0) is 24.8 Å². The van der Waals surface area contributed by atoms with Crippen molar-refractivity contribution in [3.05, 3.63) is 68.3 Å². The van der Waals surface area contributed by atoms with Crippen molar-refractivity contribution < 1.29 is 4.79 Å². The Hall–Kier alpha value is -2.74. The molecule has 1 N–H and O–H groups in total. The van der Waals surface area contributed by atoms with Crippen molar-refractivity contribution in [2.24, 2.45) is 0 Å². The Morgan fingerprint density at radius 1 is 1.28 bits per heavy atom. The van der Waals surface area contributed by atoms with Gasteiger partial charge in [-0.1, -0.05) is 37.3 Å². The van der Waals surface area contributed by atoms with Crippen molar-refractivity contribution in [1.82, 2.24) is 24.6 Å². The number of carbonyl (C=O) groups is 1. The third-order valence-electron chi connectivity index (χ3n) is 5.17. The number of benzene rings is 1. The largest absolute Gasteiger partial charge is 0.348 e. The van der Waals surface area contributed by atoms with E-state index in [0.29, 0.717) is 25.2 Å². The number of nitrogens with one attached hydrogen (secondary N) is 1. The number of carbonyl (C=O) groups excluding carboxylic acids is 1. The van der Waals surface area contributed by atoms with E-state index < -0.39 is 0 Å². The SMILES string of the molecule is CCCn1nc2n(c1=O)CCC(NC(=O)c1csc(Cc3ccccc3)n1)CC2. The second-order valence-corrected chi connectivity index (χ2v) is 8.30. The molecule has 0 saturated heterocycles. The zero-order chi connectivity index (χ0) is 20.2. The number of hydrogen-bond acceptors (Lipinski definition) is 5. The number of aryl methyl sites for hydroxylation is 2. The highest BCUT2D eigenvalue weighted by Gasteiger charge is 2.23. The van der Waals surface area contributed by atoms with E-state index in [9.17, 15) is 9.59 Å². The Labute approximate surface area is 173 Å². The molecule has 1 amide bonds. The maximum Gasteiger partial charge on any atom is 0.345 e. The lowest BCUT2D eigenvalue weighted by molar-refractivity contribution is 0.0928. The normalized spacial score (nSPS) is 16.2. The molecule has 7 nitrogen and oxygen atoms in total. The van der Waals surface area contributed by atoms with Crippen LogP contribution >= 0.6 is 11.3 Å². The fourth-order valence-corrected chi connectivity index (χ4v) is 4.46. The molecule has 0 aliphatic carbocycles. The van der Waals surface area contributed by atoms with Gasteiger partial charge >= 0.3 is 5.69 Å². The summed E-state index contributed by atoms with van der Waals surface area (Å²) in [6, 6.07) is 10.1. The summed E-state index contributed by atoms with van der Waals surface area (Å²) in [5.41, 5.74) is 1.60. The standard InChI is InChI=1S/C21H25N5O2S/c1-2-11-26-21(28)25-12-10-16(8-9-18(25)24-26)22-20(27)17-14-29-19(23-17)13-15-6-4-3-5-7-15/h3-7,14,16H,2,8-13H2,1H3,(H,22,27). The summed E-state index contributed by atoms with van der Waals surface area (Å²) in [6.07, 6.45) is 3.79. The summed E-state index contributed by atoms with van der Waals surface area (Å²) in [7, 11) is 0. The molecule has 1 aromatic carbocycles. The number of hydrogen-bond donors (Lipinski definition) is 1.